The monoisotopic (exact) mass is 265 g/mol. The molecule has 1 aromatic rings. The van der Waals surface area contributed by atoms with Crippen LogP contribution in [-0.4, -0.2) is 24.3 Å². The van der Waals surface area contributed by atoms with Crippen molar-refractivity contribution >= 4 is 5.97 Å². The van der Waals surface area contributed by atoms with Gasteiger partial charge in [0.2, 0.25) is 0 Å². The molecule has 1 aromatic carbocycles. The van der Waals surface area contributed by atoms with Gasteiger partial charge in [-0.15, -0.1) is 0 Å². The number of benzene rings is 1. The molecule has 0 radical (unpaired) electrons. The zero-order chi connectivity index (χ0) is 14.0. The molecular weight excluding hydrogens is 246 g/mol. The zero-order valence-corrected chi connectivity index (χ0v) is 11.2. The Balaban J connectivity index is 2.23. The van der Waals surface area contributed by atoms with Crippen LogP contribution in [0.2, 0.25) is 0 Å². The van der Waals surface area contributed by atoms with Crippen molar-refractivity contribution in [1.82, 2.24) is 0 Å². The maximum atomic E-state index is 10.6. The van der Waals surface area contributed by atoms with E-state index in [1.54, 1.807) is 7.11 Å². The SMILES string of the molecule is COc1cc(C(N)CCC(=O)O)cc2c1OC(C)C2. The lowest BCUT2D eigenvalue weighted by molar-refractivity contribution is -0.137. The van der Waals surface area contributed by atoms with Crippen LogP contribution in [0.25, 0.3) is 0 Å². The minimum Gasteiger partial charge on any atom is -0.493 e. The molecule has 2 unspecified atom stereocenters. The first-order valence-electron chi connectivity index (χ1n) is 6.36. The van der Waals surface area contributed by atoms with E-state index < -0.39 is 5.97 Å². The molecule has 0 saturated heterocycles. The summed E-state index contributed by atoms with van der Waals surface area (Å²) in [5.41, 5.74) is 8.01. The van der Waals surface area contributed by atoms with Crippen LogP contribution in [0.4, 0.5) is 0 Å². The summed E-state index contributed by atoms with van der Waals surface area (Å²) in [4.78, 5) is 10.6. The number of fused-ring (bicyclic) bond motifs is 1. The molecule has 5 heteroatoms. The van der Waals surface area contributed by atoms with Crippen LogP contribution in [0.1, 0.15) is 36.9 Å². The number of aliphatic carboxylic acids is 1. The summed E-state index contributed by atoms with van der Waals surface area (Å²) in [5.74, 6) is 0.618. The van der Waals surface area contributed by atoms with E-state index >= 15 is 0 Å². The smallest absolute Gasteiger partial charge is 0.303 e. The minimum atomic E-state index is -0.833. The number of methoxy groups -OCH3 is 1. The van der Waals surface area contributed by atoms with Crippen LogP contribution >= 0.6 is 0 Å². The molecule has 0 saturated carbocycles. The molecule has 0 aromatic heterocycles. The number of rotatable bonds is 5. The highest BCUT2D eigenvalue weighted by Gasteiger charge is 2.25. The lowest BCUT2D eigenvalue weighted by atomic mass is 9.98. The van der Waals surface area contributed by atoms with Gasteiger partial charge < -0.3 is 20.3 Å². The summed E-state index contributed by atoms with van der Waals surface area (Å²) >= 11 is 0. The summed E-state index contributed by atoms with van der Waals surface area (Å²) < 4.78 is 11.0. The molecule has 1 heterocycles. The molecule has 19 heavy (non-hydrogen) atoms. The van der Waals surface area contributed by atoms with Crippen molar-refractivity contribution in [3.8, 4) is 11.5 Å². The van der Waals surface area contributed by atoms with Crippen molar-refractivity contribution in [3.63, 3.8) is 0 Å². The zero-order valence-electron chi connectivity index (χ0n) is 11.2. The topological polar surface area (TPSA) is 81.8 Å². The molecule has 0 fully saturated rings. The molecule has 1 aliphatic rings. The first-order valence-corrected chi connectivity index (χ1v) is 6.36. The van der Waals surface area contributed by atoms with Gasteiger partial charge in [0.1, 0.15) is 6.10 Å². The van der Waals surface area contributed by atoms with E-state index in [2.05, 4.69) is 0 Å². The van der Waals surface area contributed by atoms with Gasteiger partial charge in [0.25, 0.3) is 0 Å². The number of hydrogen-bond donors (Lipinski definition) is 2. The van der Waals surface area contributed by atoms with Crippen LogP contribution in [-0.2, 0) is 11.2 Å². The number of carboxylic acid groups (broad SMARTS) is 1. The van der Waals surface area contributed by atoms with E-state index in [4.69, 9.17) is 20.3 Å². The van der Waals surface area contributed by atoms with E-state index in [1.807, 2.05) is 19.1 Å². The number of nitrogens with two attached hydrogens (primary N) is 1. The molecule has 0 amide bonds. The Morgan fingerprint density at radius 2 is 2.37 bits per heavy atom. The number of hydrogen-bond acceptors (Lipinski definition) is 4. The van der Waals surface area contributed by atoms with Crippen LogP contribution in [0.15, 0.2) is 12.1 Å². The molecule has 0 spiro atoms. The molecule has 2 rings (SSSR count). The summed E-state index contributed by atoms with van der Waals surface area (Å²) in [6.07, 6.45) is 1.43. The highest BCUT2D eigenvalue weighted by molar-refractivity contribution is 5.66. The van der Waals surface area contributed by atoms with Gasteiger partial charge in [-0.2, -0.15) is 0 Å². The van der Waals surface area contributed by atoms with Crippen LogP contribution < -0.4 is 15.2 Å². The molecule has 104 valence electrons. The average molecular weight is 265 g/mol. The molecule has 3 N–H and O–H groups in total. The van der Waals surface area contributed by atoms with Crippen molar-refractivity contribution in [1.29, 1.82) is 0 Å². The summed E-state index contributed by atoms with van der Waals surface area (Å²) in [6, 6.07) is 3.53. The second kappa shape index (κ2) is 5.48. The fourth-order valence-corrected chi connectivity index (χ4v) is 2.33. The Hall–Kier alpha value is -1.75. The average Bonchev–Trinajstić information content (AvgIpc) is 2.74. The Bertz CT molecular complexity index is 487. The highest BCUT2D eigenvalue weighted by Crippen LogP contribution is 2.40. The Labute approximate surface area is 112 Å². The third kappa shape index (κ3) is 2.98. The number of ether oxygens (including phenoxy) is 2. The first kappa shape index (κ1) is 13.7. The predicted octanol–water partition coefficient (Wildman–Crippen LogP) is 1.88. The van der Waals surface area contributed by atoms with Gasteiger partial charge in [0.15, 0.2) is 11.5 Å². The van der Waals surface area contributed by atoms with E-state index in [-0.39, 0.29) is 18.6 Å². The van der Waals surface area contributed by atoms with E-state index in [0.29, 0.717) is 12.2 Å². The summed E-state index contributed by atoms with van der Waals surface area (Å²) in [5, 5.41) is 8.70. The van der Waals surface area contributed by atoms with Crippen LogP contribution in [0.3, 0.4) is 0 Å². The number of carboxylic acids is 1. The third-order valence-electron chi connectivity index (χ3n) is 3.30. The van der Waals surface area contributed by atoms with Gasteiger partial charge in [0.05, 0.1) is 7.11 Å². The predicted molar refractivity (Wildman–Crippen MR) is 70.6 cm³/mol. The van der Waals surface area contributed by atoms with E-state index in [0.717, 1.165) is 23.3 Å². The van der Waals surface area contributed by atoms with Crippen LogP contribution in [0, 0.1) is 0 Å². The normalized spacial score (nSPS) is 18.6. The molecular formula is C14H19NO4. The van der Waals surface area contributed by atoms with Gasteiger partial charge in [0, 0.05) is 24.4 Å². The second-order valence-electron chi connectivity index (χ2n) is 4.88. The maximum absolute atomic E-state index is 10.6. The molecule has 2 atom stereocenters. The lowest BCUT2D eigenvalue weighted by Crippen LogP contribution is -2.12. The van der Waals surface area contributed by atoms with Gasteiger partial charge in [-0.05, 0) is 25.0 Å². The molecule has 0 bridgehead atoms. The van der Waals surface area contributed by atoms with Crippen molar-refractivity contribution in [3.05, 3.63) is 23.3 Å². The Morgan fingerprint density at radius 3 is 3.00 bits per heavy atom. The fraction of sp³-hybridized carbons (Fsp3) is 0.500. The van der Waals surface area contributed by atoms with E-state index in [9.17, 15) is 4.79 Å². The highest BCUT2D eigenvalue weighted by atomic mass is 16.5. The van der Waals surface area contributed by atoms with Crippen molar-refractivity contribution in [2.75, 3.05) is 7.11 Å². The van der Waals surface area contributed by atoms with Crippen LogP contribution in [0.5, 0.6) is 11.5 Å². The molecule has 0 aliphatic carbocycles. The van der Waals surface area contributed by atoms with E-state index in [1.165, 1.54) is 0 Å². The summed E-state index contributed by atoms with van der Waals surface area (Å²) in [7, 11) is 1.59. The van der Waals surface area contributed by atoms with Crippen molar-refractivity contribution in [2.24, 2.45) is 5.73 Å². The molecule has 5 nitrogen and oxygen atoms in total. The largest absolute Gasteiger partial charge is 0.493 e. The first-order chi connectivity index (χ1) is 9.01. The van der Waals surface area contributed by atoms with Crippen molar-refractivity contribution in [2.45, 2.75) is 38.3 Å². The quantitative estimate of drug-likeness (QED) is 0.849. The number of carbonyl (C=O) groups is 1. The lowest BCUT2D eigenvalue weighted by Gasteiger charge is -2.15. The minimum absolute atomic E-state index is 0.0630. The Kier molecular flexibility index (Phi) is 3.95. The maximum Gasteiger partial charge on any atom is 0.303 e. The van der Waals surface area contributed by atoms with Gasteiger partial charge >= 0.3 is 5.97 Å². The second-order valence-corrected chi connectivity index (χ2v) is 4.88. The van der Waals surface area contributed by atoms with Gasteiger partial charge in [-0.25, -0.2) is 0 Å². The molecule has 1 aliphatic heterocycles. The van der Waals surface area contributed by atoms with Gasteiger partial charge in [-0.3, -0.25) is 4.79 Å². The third-order valence-corrected chi connectivity index (χ3v) is 3.30. The fourth-order valence-electron chi connectivity index (χ4n) is 2.33. The van der Waals surface area contributed by atoms with Gasteiger partial charge in [-0.1, -0.05) is 6.07 Å². The Morgan fingerprint density at radius 1 is 1.63 bits per heavy atom. The standard InChI is InChI=1S/C14H19NO4/c1-8-5-10-6-9(11(15)3-4-13(16)17)7-12(18-2)14(10)19-8/h6-8,11H,3-5,15H2,1-2H3,(H,16,17). The van der Waals surface area contributed by atoms with Crippen molar-refractivity contribution < 1.29 is 19.4 Å². The summed E-state index contributed by atoms with van der Waals surface area (Å²) in [6.45, 7) is 2.00.